The van der Waals surface area contributed by atoms with Crippen molar-refractivity contribution in [3.8, 4) is 0 Å². The first-order chi connectivity index (χ1) is 10.9. The lowest BCUT2D eigenvalue weighted by Crippen LogP contribution is -2.15. The number of ketones is 1. The van der Waals surface area contributed by atoms with Crippen LogP contribution in [0.25, 0.3) is 0 Å². The fourth-order valence-corrected chi connectivity index (χ4v) is 3.34. The normalized spacial score (nSPS) is 12.0. The fourth-order valence-electron chi connectivity index (χ4n) is 2.39. The van der Waals surface area contributed by atoms with Gasteiger partial charge in [0.25, 0.3) is 0 Å². The van der Waals surface area contributed by atoms with Crippen LogP contribution in [0.3, 0.4) is 0 Å². The molecule has 0 aliphatic rings. The van der Waals surface area contributed by atoms with E-state index in [9.17, 15) is 14.0 Å². The monoisotopic (exact) mass is 335 g/mol. The zero-order valence-corrected chi connectivity index (χ0v) is 14.2. The molecule has 0 aliphatic carbocycles. The van der Waals surface area contributed by atoms with Crippen molar-refractivity contribution in [3.05, 3.63) is 52.6 Å². The average molecular weight is 335 g/mol. The van der Waals surface area contributed by atoms with E-state index in [1.54, 1.807) is 39.0 Å². The summed E-state index contributed by atoms with van der Waals surface area (Å²) in [6.45, 7) is 5.13. The molecule has 2 aromatic rings. The molecule has 1 aromatic heterocycles. The smallest absolute Gasteiger partial charge is 0.339 e. The van der Waals surface area contributed by atoms with Crippen molar-refractivity contribution in [2.45, 2.75) is 30.9 Å². The van der Waals surface area contributed by atoms with Gasteiger partial charge < -0.3 is 9.72 Å². The second kappa shape index (κ2) is 7.00. The van der Waals surface area contributed by atoms with Gasteiger partial charge in [-0.1, -0.05) is 12.1 Å². The van der Waals surface area contributed by atoms with Crippen LogP contribution < -0.4 is 0 Å². The number of Topliss-reactive ketones (excluding diaryl/α,β-unsaturated/α-hetero) is 1. The number of halogens is 1. The molecule has 122 valence electrons. The number of carbonyl (C=O) groups excluding carboxylic acids is 2. The van der Waals surface area contributed by atoms with Gasteiger partial charge in [-0.15, -0.1) is 11.8 Å². The Morgan fingerprint density at radius 1 is 1.26 bits per heavy atom. The Morgan fingerprint density at radius 2 is 1.91 bits per heavy atom. The van der Waals surface area contributed by atoms with E-state index in [2.05, 4.69) is 4.98 Å². The SMILES string of the molecule is COC(=O)c1c(C)[nH]c(C(=O)[C@H](C)Sc2ccccc2F)c1C. The van der Waals surface area contributed by atoms with Crippen LogP contribution in [0.15, 0.2) is 29.2 Å². The fraction of sp³-hybridized carbons (Fsp3) is 0.294. The molecule has 1 N–H and O–H groups in total. The molecular weight excluding hydrogens is 317 g/mol. The van der Waals surface area contributed by atoms with Crippen LogP contribution in [0.1, 0.15) is 39.0 Å². The number of benzene rings is 1. The van der Waals surface area contributed by atoms with Gasteiger partial charge in [0.05, 0.1) is 23.6 Å². The van der Waals surface area contributed by atoms with Gasteiger partial charge in [0, 0.05) is 10.6 Å². The molecule has 1 atom stereocenters. The maximum Gasteiger partial charge on any atom is 0.339 e. The number of thioether (sulfide) groups is 1. The van der Waals surface area contributed by atoms with E-state index in [1.807, 2.05) is 0 Å². The Labute approximate surface area is 138 Å². The molecule has 0 saturated heterocycles. The first-order valence-corrected chi connectivity index (χ1v) is 7.97. The molecule has 0 radical (unpaired) electrons. The van der Waals surface area contributed by atoms with Gasteiger partial charge in [-0.2, -0.15) is 0 Å². The van der Waals surface area contributed by atoms with E-state index in [4.69, 9.17) is 4.74 Å². The Hall–Kier alpha value is -2.08. The van der Waals surface area contributed by atoms with Crippen molar-refractivity contribution < 1.29 is 18.7 Å². The van der Waals surface area contributed by atoms with E-state index < -0.39 is 11.2 Å². The third-order valence-corrected chi connectivity index (χ3v) is 4.74. The highest BCUT2D eigenvalue weighted by Gasteiger charge is 2.26. The molecular formula is C17H18FNO3S. The first kappa shape index (κ1) is 17.3. The molecule has 4 nitrogen and oxygen atoms in total. The lowest BCUT2D eigenvalue weighted by atomic mass is 10.1. The van der Waals surface area contributed by atoms with Crippen LogP contribution in [0.4, 0.5) is 4.39 Å². The zero-order valence-electron chi connectivity index (χ0n) is 13.4. The lowest BCUT2D eigenvalue weighted by Gasteiger charge is -2.10. The van der Waals surface area contributed by atoms with Gasteiger partial charge in [-0.25, -0.2) is 9.18 Å². The molecule has 1 aromatic carbocycles. The van der Waals surface area contributed by atoms with Gasteiger partial charge >= 0.3 is 5.97 Å². The Bertz CT molecular complexity index is 754. The second-order valence-corrected chi connectivity index (χ2v) is 6.55. The average Bonchev–Trinajstić information content (AvgIpc) is 2.82. The van der Waals surface area contributed by atoms with Crippen LogP contribution >= 0.6 is 11.8 Å². The van der Waals surface area contributed by atoms with Gasteiger partial charge in [0.2, 0.25) is 0 Å². The lowest BCUT2D eigenvalue weighted by molar-refractivity contribution is 0.0599. The Balaban J connectivity index is 2.27. The highest BCUT2D eigenvalue weighted by molar-refractivity contribution is 8.00. The molecule has 0 bridgehead atoms. The number of esters is 1. The number of nitrogens with one attached hydrogen (secondary N) is 1. The highest BCUT2D eigenvalue weighted by atomic mass is 32.2. The van der Waals surface area contributed by atoms with Crippen LogP contribution in [-0.2, 0) is 4.74 Å². The standard InChI is InChI=1S/C17H18FNO3S/c1-9-14(17(21)22-4)10(2)19-15(9)16(20)11(3)23-13-8-6-5-7-12(13)18/h5-8,11,19H,1-4H3/t11-/m0/s1. The minimum atomic E-state index is -0.492. The predicted octanol–water partition coefficient (Wildman–Crippen LogP) is 3.92. The van der Waals surface area contributed by atoms with E-state index >= 15 is 0 Å². The molecule has 0 saturated carbocycles. The van der Waals surface area contributed by atoms with Crippen molar-refractivity contribution in [2.75, 3.05) is 7.11 Å². The van der Waals surface area contributed by atoms with Crippen LogP contribution in [0, 0.1) is 19.7 Å². The number of carbonyl (C=O) groups is 2. The minimum Gasteiger partial charge on any atom is -0.465 e. The summed E-state index contributed by atoms with van der Waals surface area (Å²) in [4.78, 5) is 27.8. The number of aromatic nitrogens is 1. The number of hydrogen-bond donors (Lipinski definition) is 1. The van der Waals surface area contributed by atoms with Crippen molar-refractivity contribution >= 4 is 23.5 Å². The molecule has 1 heterocycles. The van der Waals surface area contributed by atoms with Gasteiger partial charge in [0.1, 0.15) is 5.82 Å². The van der Waals surface area contributed by atoms with Gasteiger partial charge in [0.15, 0.2) is 5.78 Å². The maximum absolute atomic E-state index is 13.7. The summed E-state index contributed by atoms with van der Waals surface area (Å²) in [7, 11) is 1.30. The summed E-state index contributed by atoms with van der Waals surface area (Å²) in [6, 6.07) is 6.32. The number of aryl methyl sites for hydroxylation is 1. The van der Waals surface area contributed by atoms with Crippen molar-refractivity contribution in [1.82, 2.24) is 4.98 Å². The molecule has 6 heteroatoms. The number of methoxy groups -OCH3 is 1. The first-order valence-electron chi connectivity index (χ1n) is 7.09. The highest BCUT2D eigenvalue weighted by Crippen LogP contribution is 2.29. The third-order valence-electron chi connectivity index (χ3n) is 3.58. The van der Waals surface area contributed by atoms with Gasteiger partial charge in [-0.05, 0) is 38.5 Å². The summed E-state index contributed by atoms with van der Waals surface area (Å²) >= 11 is 1.15. The second-order valence-electron chi connectivity index (χ2n) is 5.17. The maximum atomic E-state index is 13.7. The van der Waals surface area contributed by atoms with Crippen LogP contribution in [0.5, 0.6) is 0 Å². The van der Waals surface area contributed by atoms with Gasteiger partial charge in [-0.3, -0.25) is 4.79 Å². The summed E-state index contributed by atoms with van der Waals surface area (Å²) in [5.74, 6) is -1.02. The molecule has 0 unspecified atom stereocenters. The summed E-state index contributed by atoms with van der Waals surface area (Å²) < 4.78 is 18.5. The molecule has 0 fully saturated rings. The van der Waals surface area contributed by atoms with E-state index in [-0.39, 0.29) is 11.6 Å². The molecule has 2 rings (SSSR count). The summed E-state index contributed by atoms with van der Waals surface area (Å²) in [6.07, 6.45) is 0. The summed E-state index contributed by atoms with van der Waals surface area (Å²) in [5.41, 5.74) is 1.87. The topological polar surface area (TPSA) is 59.2 Å². The van der Waals surface area contributed by atoms with E-state index in [1.165, 1.54) is 13.2 Å². The zero-order chi connectivity index (χ0) is 17.1. The van der Waals surface area contributed by atoms with Crippen molar-refractivity contribution in [2.24, 2.45) is 0 Å². The molecule has 0 amide bonds. The molecule has 23 heavy (non-hydrogen) atoms. The van der Waals surface area contributed by atoms with E-state index in [0.29, 0.717) is 27.4 Å². The Kier molecular flexibility index (Phi) is 5.26. The third kappa shape index (κ3) is 3.47. The molecule has 0 aliphatic heterocycles. The number of aromatic amines is 1. The minimum absolute atomic E-state index is 0.186. The number of rotatable bonds is 5. The number of ether oxygens (including phenoxy) is 1. The van der Waals surface area contributed by atoms with Crippen molar-refractivity contribution in [3.63, 3.8) is 0 Å². The quantitative estimate of drug-likeness (QED) is 0.511. The Morgan fingerprint density at radius 3 is 2.52 bits per heavy atom. The number of H-pyrrole nitrogens is 1. The van der Waals surface area contributed by atoms with Crippen LogP contribution in [-0.4, -0.2) is 29.1 Å². The number of hydrogen-bond acceptors (Lipinski definition) is 4. The summed E-state index contributed by atoms with van der Waals surface area (Å²) in [5, 5.41) is -0.492. The van der Waals surface area contributed by atoms with Crippen molar-refractivity contribution in [1.29, 1.82) is 0 Å². The van der Waals surface area contributed by atoms with E-state index in [0.717, 1.165) is 11.8 Å². The predicted molar refractivity (Wildman–Crippen MR) is 87.7 cm³/mol. The molecule has 0 spiro atoms. The largest absolute Gasteiger partial charge is 0.465 e. The van der Waals surface area contributed by atoms with Crippen LogP contribution in [0.2, 0.25) is 0 Å².